The van der Waals surface area contributed by atoms with Crippen LogP contribution in [0.2, 0.25) is 0 Å². The van der Waals surface area contributed by atoms with Crippen molar-refractivity contribution >= 4 is 11.6 Å². The summed E-state index contributed by atoms with van der Waals surface area (Å²) in [6, 6.07) is 12.4. The van der Waals surface area contributed by atoms with E-state index < -0.39 is 0 Å². The van der Waals surface area contributed by atoms with Crippen molar-refractivity contribution in [2.45, 2.75) is 25.9 Å². The minimum Gasteiger partial charge on any atom is -0.325 e. The summed E-state index contributed by atoms with van der Waals surface area (Å²) in [6.07, 6.45) is 0.669. The number of benzene rings is 2. The summed E-state index contributed by atoms with van der Waals surface area (Å²) in [4.78, 5) is 12.3. The molecule has 1 heterocycles. The predicted octanol–water partition coefficient (Wildman–Crippen LogP) is 2.79. The Labute approximate surface area is 123 Å². The van der Waals surface area contributed by atoms with Gasteiger partial charge in [-0.05, 0) is 48.2 Å². The first-order valence-corrected chi connectivity index (χ1v) is 7.00. The van der Waals surface area contributed by atoms with Gasteiger partial charge in [-0.1, -0.05) is 24.3 Å². The van der Waals surface area contributed by atoms with Crippen LogP contribution in [0.1, 0.15) is 16.7 Å². The van der Waals surface area contributed by atoms with Gasteiger partial charge in [-0.2, -0.15) is 0 Å². The Balaban J connectivity index is 1.70. The molecule has 1 amide bonds. The van der Waals surface area contributed by atoms with Crippen molar-refractivity contribution in [1.82, 2.24) is 5.32 Å². The van der Waals surface area contributed by atoms with Crippen LogP contribution in [-0.4, -0.2) is 11.9 Å². The molecule has 2 N–H and O–H groups in total. The Hall–Kier alpha value is -2.20. The molecule has 0 bridgehead atoms. The van der Waals surface area contributed by atoms with E-state index in [1.165, 1.54) is 17.2 Å². The number of anilines is 1. The second kappa shape index (κ2) is 5.66. The maximum absolute atomic E-state index is 13.2. The first kappa shape index (κ1) is 13.8. The summed E-state index contributed by atoms with van der Waals surface area (Å²) in [5, 5.41) is 6.08. The molecular weight excluding hydrogens is 267 g/mol. The van der Waals surface area contributed by atoms with Crippen LogP contribution in [0.3, 0.4) is 0 Å². The molecule has 4 heteroatoms. The van der Waals surface area contributed by atoms with Gasteiger partial charge in [-0.25, -0.2) is 4.39 Å². The lowest BCUT2D eigenvalue weighted by Crippen LogP contribution is -2.44. The Morgan fingerprint density at radius 2 is 2.00 bits per heavy atom. The third kappa shape index (κ3) is 2.95. The zero-order chi connectivity index (χ0) is 14.8. The predicted molar refractivity (Wildman–Crippen MR) is 80.5 cm³/mol. The molecule has 0 aliphatic carbocycles. The smallest absolute Gasteiger partial charge is 0.241 e. The van der Waals surface area contributed by atoms with Gasteiger partial charge in [0.1, 0.15) is 5.82 Å². The van der Waals surface area contributed by atoms with Gasteiger partial charge in [0, 0.05) is 12.2 Å². The first-order chi connectivity index (χ1) is 10.1. The van der Waals surface area contributed by atoms with Crippen molar-refractivity contribution in [2.75, 3.05) is 5.32 Å². The Kier molecular flexibility index (Phi) is 3.71. The van der Waals surface area contributed by atoms with Crippen LogP contribution >= 0.6 is 0 Å². The summed E-state index contributed by atoms with van der Waals surface area (Å²) in [7, 11) is 0. The fourth-order valence-electron chi connectivity index (χ4n) is 2.59. The van der Waals surface area contributed by atoms with Crippen LogP contribution in [-0.2, 0) is 17.8 Å². The largest absolute Gasteiger partial charge is 0.325 e. The third-order valence-electron chi connectivity index (χ3n) is 3.82. The molecule has 0 fully saturated rings. The number of nitrogens with one attached hydrogen (secondary N) is 2. The van der Waals surface area contributed by atoms with E-state index in [1.807, 2.05) is 12.1 Å². The Morgan fingerprint density at radius 3 is 2.76 bits per heavy atom. The fourth-order valence-corrected chi connectivity index (χ4v) is 2.59. The number of aryl methyl sites for hydroxylation is 1. The SMILES string of the molecule is Cc1cc(NC(=O)[C@H]2Cc3ccccc3CN2)ccc1F. The Morgan fingerprint density at radius 1 is 1.24 bits per heavy atom. The molecule has 1 aliphatic heterocycles. The minimum atomic E-state index is -0.266. The molecule has 0 unspecified atom stereocenters. The Bertz CT molecular complexity index is 684. The minimum absolute atomic E-state index is 0.0875. The molecule has 2 aromatic rings. The van der Waals surface area contributed by atoms with E-state index in [1.54, 1.807) is 19.1 Å². The van der Waals surface area contributed by atoms with Crippen molar-refractivity contribution in [3.05, 3.63) is 65.0 Å². The molecule has 0 saturated carbocycles. The second-order valence-corrected chi connectivity index (χ2v) is 5.36. The molecule has 108 valence electrons. The van der Waals surface area contributed by atoms with Crippen LogP contribution < -0.4 is 10.6 Å². The molecule has 1 aliphatic rings. The average molecular weight is 284 g/mol. The molecule has 0 radical (unpaired) electrons. The topological polar surface area (TPSA) is 41.1 Å². The van der Waals surface area contributed by atoms with Gasteiger partial charge in [-0.15, -0.1) is 0 Å². The molecule has 2 aromatic carbocycles. The van der Waals surface area contributed by atoms with Gasteiger partial charge in [0.25, 0.3) is 0 Å². The average Bonchev–Trinajstić information content (AvgIpc) is 2.50. The maximum Gasteiger partial charge on any atom is 0.241 e. The van der Waals surface area contributed by atoms with Gasteiger partial charge >= 0.3 is 0 Å². The zero-order valence-electron chi connectivity index (χ0n) is 11.8. The standard InChI is InChI=1S/C17H17FN2O/c1-11-8-14(6-7-15(11)18)20-17(21)16-9-12-4-2-3-5-13(12)10-19-16/h2-8,16,19H,9-10H2,1H3,(H,20,21)/t16-/m1/s1. The molecule has 1 atom stereocenters. The highest BCUT2D eigenvalue weighted by atomic mass is 19.1. The third-order valence-corrected chi connectivity index (χ3v) is 3.82. The number of halogens is 1. The van der Waals surface area contributed by atoms with Crippen LogP contribution in [0.4, 0.5) is 10.1 Å². The maximum atomic E-state index is 13.2. The van der Waals surface area contributed by atoms with Gasteiger partial charge in [-0.3, -0.25) is 4.79 Å². The lowest BCUT2D eigenvalue weighted by molar-refractivity contribution is -0.118. The lowest BCUT2D eigenvalue weighted by Gasteiger charge is -2.25. The number of carbonyl (C=O) groups is 1. The highest BCUT2D eigenvalue weighted by Gasteiger charge is 2.23. The van der Waals surface area contributed by atoms with Gasteiger partial charge in [0.15, 0.2) is 0 Å². The van der Waals surface area contributed by atoms with Crippen LogP contribution in [0.15, 0.2) is 42.5 Å². The van der Waals surface area contributed by atoms with Crippen LogP contribution in [0, 0.1) is 12.7 Å². The van der Waals surface area contributed by atoms with E-state index in [9.17, 15) is 9.18 Å². The number of fused-ring (bicyclic) bond motifs is 1. The lowest BCUT2D eigenvalue weighted by atomic mass is 9.95. The summed E-state index contributed by atoms with van der Waals surface area (Å²) in [5.74, 6) is -0.353. The van der Waals surface area contributed by atoms with Crippen molar-refractivity contribution in [3.8, 4) is 0 Å². The van der Waals surface area contributed by atoms with E-state index in [4.69, 9.17) is 0 Å². The highest BCUT2D eigenvalue weighted by Crippen LogP contribution is 2.18. The van der Waals surface area contributed by atoms with Crippen LogP contribution in [0.25, 0.3) is 0 Å². The molecule has 0 spiro atoms. The molecule has 3 nitrogen and oxygen atoms in total. The van der Waals surface area contributed by atoms with Crippen molar-refractivity contribution in [1.29, 1.82) is 0 Å². The van der Waals surface area contributed by atoms with Gasteiger partial charge in [0.2, 0.25) is 5.91 Å². The van der Waals surface area contributed by atoms with E-state index >= 15 is 0 Å². The molecule has 0 saturated heterocycles. The summed E-state index contributed by atoms with van der Waals surface area (Å²) in [5.41, 5.74) is 3.58. The van der Waals surface area contributed by atoms with Crippen molar-refractivity contribution < 1.29 is 9.18 Å². The van der Waals surface area contributed by atoms with E-state index in [-0.39, 0.29) is 17.8 Å². The molecular formula is C17H17FN2O. The quantitative estimate of drug-likeness (QED) is 0.890. The summed E-state index contributed by atoms with van der Waals surface area (Å²) < 4.78 is 13.2. The monoisotopic (exact) mass is 284 g/mol. The second-order valence-electron chi connectivity index (χ2n) is 5.36. The van der Waals surface area contributed by atoms with E-state index in [2.05, 4.69) is 22.8 Å². The number of amides is 1. The number of hydrogen-bond acceptors (Lipinski definition) is 2. The molecule has 3 rings (SSSR count). The van der Waals surface area contributed by atoms with E-state index in [0.717, 1.165) is 0 Å². The van der Waals surface area contributed by atoms with Gasteiger partial charge in [0.05, 0.1) is 6.04 Å². The van der Waals surface area contributed by atoms with Gasteiger partial charge < -0.3 is 10.6 Å². The fraction of sp³-hybridized carbons (Fsp3) is 0.235. The first-order valence-electron chi connectivity index (χ1n) is 7.00. The van der Waals surface area contributed by atoms with Crippen LogP contribution in [0.5, 0.6) is 0 Å². The molecule has 21 heavy (non-hydrogen) atoms. The summed E-state index contributed by atoms with van der Waals surface area (Å²) >= 11 is 0. The van der Waals surface area contributed by atoms with E-state index in [0.29, 0.717) is 24.2 Å². The number of hydrogen-bond donors (Lipinski definition) is 2. The normalized spacial score (nSPS) is 17.1. The number of rotatable bonds is 2. The number of carbonyl (C=O) groups excluding carboxylic acids is 1. The zero-order valence-corrected chi connectivity index (χ0v) is 11.8. The van der Waals surface area contributed by atoms with Crippen molar-refractivity contribution in [2.24, 2.45) is 0 Å². The highest BCUT2D eigenvalue weighted by molar-refractivity contribution is 5.95. The molecule has 0 aromatic heterocycles. The van der Waals surface area contributed by atoms with Crippen molar-refractivity contribution in [3.63, 3.8) is 0 Å². The summed E-state index contributed by atoms with van der Waals surface area (Å²) in [6.45, 7) is 2.37.